The van der Waals surface area contributed by atoms with Crippen molar-refractivity contribution in [3.05, 3.63) is 29.8 Å². The van der Waals surface area contributed by atoms with Crippen molar-refractivity contribution >= 4 is 16.5 Å². The third-order valence-corrected chi connectivity index (χ3v) is 7.58. The molecule has 0 spiro atoms. The highest BCUT2D eigenvalue weighted by atomic mass is 32.2. The van der Waals surface area contributed by atoms with Crippen LogP contribution in [0.15, 0.2) is 24.3 Å². The van der Waals surface area contributed by atoms with Gasteiger partial charge in [0.05, 0.1) is 0 Å². The van der Waals surface area contributed by atoms with Crippen LogP contribution in [0.25, 0.3) is 0 Å². The maximum atomic E-state index is 12.6. The highest BCUT2D eigenvalue weighted by Crippen LogP contribution is 2.31. The molecule has 4 heteroatoms. The molecular formula is C20H31NO2S. The number of ether oxygens (including phenoxy) is 1. The van der Waals surface area contributed by atoms with Gasteiger partial charge in [0.1, 0.15) is 0 Å². The average Bonchev–Trinajstić information content (AvgIpc) is 2.59. The van der Waals surface area contributed by atoms with Crippen molar-refractivity contribution < 1.29 is 8.95 Å². The number of hydrogen-bond acceptors (Lipinski definition) is 3. The van der Waals surface area contributed by atoms with E-state index in [4.69, 9.17) is 4.74 Å². The Labute approximate surface area is 149 Å². The summed E-state index contributed by atoms with van der Waals surface area (Å²) < 4.78 is 18.0. The van der Waals surface area contributed by atoms with Crippen molar-refractivity contribution in [1.82, 2.24) is 0 Å². The summed E-state index contributed by atoms with van der Waals surface area (Å²) in [5, 5.41) is 4.01. The van der Waals surface area contributed by atoms with Gasteiger partial charge < -0.3 is 10.1 Å². The highest BCUT2D eigenvalue weighted by molar-refractivity contribution is 7.84. The molecule has 1 heterocycles. The van der Waals surface area contributed by atoms with Crippen LogP contribution in [0.5, 0.6) is 0 Å². The standard InChI is InChI=1S/C20H31NO2S/c1-15-6-7-19(12-16(15)2)21-18-5-3-4-17(13-18)14-24(22)20-8-10-23-11-9-20/h3-5,13,15-16,19-21H,6-12,14H2,1-2H3/t15-,16-,19+,24+/m1/s1. The smallest absolute Gasteiger partial charge is 0.0489 e. The molecule has 1 N–H and O–H groups in total. The van der Waals surface area contributed by atoms with Crippen molar-refractivity contribution in [1.29, 1.82) is 0 Å². The van der Waals surface area contributed by atoms with Gasteiger partial charge in [0.25, 0.3) is 0 Å². The molecule has 134 valence electrons. The SMILES string of the molecule is C[C@@H]1CC[C@H](Nc2cccc(C[S@](=O)C3CCOCC3)c2)C[C@H]1C. The van der Waals surface area contributed by atoms with Crippen LogP contribution < -0.4 is 5.32 Å². The van der Waals surface area contributed by atoms with E-state index in [9.17, 15) is 4.21 Å². The van der Waals surface area contributed by atoms with E-state index in [-0.39, 0.29) is 0 Å². The Morgan fingerprint density at radius 3 is 2.67 bits per heavy atom. The lowest BCUT2D eigenvalue weighted by molar-refractivity contribution is 0.0992. The number of hydrogen-bond donors (Lipinski definition) is 1. The number of anilines is 1. The maximum absolute atomic E-state index is 12.6. The molecular weight excluding hydrogens is 318 g/mol. The molecule has 1 saturated heterocycles. The lowest BCUT2D eigenvalue weighted by atomic mass is 9.79. The minimum absolute atomic E-state index is 0.302. The van der Waals surface area contributed by atoms with Gasteiger partial charge in [-0.05, 0) is 61.6 Å². The normalized spacial score (nSPS) is 30.0. The first-order valence-corrected chi connectivity index (χ1v) is 10.8. The lowest BCUT2D eigenvalue weighted by Crippen LogP contribution is -2.30. The topological polar surface area (TPSA) is 38.3 Å². The zero-order valence-electron chi connectivity index (χ0n) is 15.0. The first-order chi connectivity index (χ1) is 11.6. The van der Waals surface area contributed by atoms with Crippen LogP contribution in [-0.2, 0) is 21.3 Å². The van der Waals surface area contributed by atoms with Crippen LogP contribution in [0.4, 0.5) is 5.69 Å². The van der Waals surface area contributed by atoms with E-state index in [1.807, 2.05) is 0 Å². The molecule has 2 aliphatic rings. The summed E-state index contributed by atoms with van der Waals surface area (Å²) in [6, 6.07) is 9.11. The summed E-state index contributed by atoms with van der Waals surface area (Å²) in [6.07, 6.45) is 5.68. The zero-order chi connectivity index (χ0) is 16.9. The second-order valence-corrected chi connectivity index (χ2v) is 9.36. The number of rotatable bonds is 5. The van der Waals surface area contributed by atoms with Crippen LogP contribution in [0.2, 0.25) is 0 Å². The van der Waals surface area contributed by atoms with Crippen LogP contribution in [0, 0.1) is 11.8 Å². The molecule has 0 aromatic heterocycles. The molecule has 0 amide bonds. The Morgan fingerprint density at radius 1 is 1.12 bits per heavy atom. The van der Waals surface area contributed by atoms with Crippen LogP contribution in [0.3, 0.4) is 0 Å². The molecule has 1 saturated carbocycles. The van der Waals surface area contributed by atoms with E-state index in [1.165, 1.54) is 30.5 Å². The van der Waals surface area contributed by atoms with Gasteiger partial charge in [0, 0.05) is 46.7 Å². The average molecular weight is 350 g/mol. The van der Waals surface area contributed by atoms with Crippen LogP contribution in [0.1, 0.15) is 51.5 Å². The van der Waals surface area contributed by atoms with Gasteiger partial charge in [-0.1, -0.05) is 26.0 Å². The number of nitrogens with one attached hydrogen (secondary N) is 1. The molecule has 0 bridgehead atoms. The molecule has 24 heavy (non-hydrogen) atoms. The Balaban J connectivity index is 1.56. The molecule has 1 aromatic carbocycles. The predicted molar refractivity (Wildman–Crippen MR) is 102 cm³/mol. The third kappa shape index (κ3) is 4.82. The minimum Gasteiger partial charge on any atom is -0.382 e. The van der Waals surface area contributed by atoms with E-state index in [0.29, 0.717) is 17.0 Å². The Hall–Kier alpha value is -0.870. The summed E-state index contributed by atoms with van der Waals surface area (Å²) in [7, 11) is -0.791. The second-order valence-electron chi connectivity index (χ2n) is 7.65. The lowest BCUT2D eigenvalue weighted by Gasteiger charge is -2.33. The van der Waals surface area contributed by atoms with E-state index in [2.05, 4.69) is 43.4 Å². The van der Waals surface area contributed by atoms with Gasteiger partial charge >= 0.3 is 0 Å². The Kier molecular flexibility index (Phi) is 6.34. The molecule has 3 nitrogen and oxygen atoms in total. The van der Waals surface area contributed by atoms with Gasteiger partial charge in [-0.2, -0.15) is 0 Å². The molecule has 1 aliphatic carbocycles. The fraction of sp³-hybridized carbons (Fsp3) is 0.700. The summed E-state index contributed by atoms with van der Waals surface area (Å²) in [6.45, 7) is 6.26. The predicted octanol–water partition coefficient (Wildman–Crippen LogP) is 4.35. The largest absolute Gasteiger partial charge is 0.382 e. The fourth-order valence-electron chi connectivity index (χ4n) is 3.89. The van der Waals surface area contributed by atoms with Crippen molar-refractivity contribution in [2.24, 2.45) is 11.8 Å². The molecule has 4 atom stereocenters. The highest BCUT2D eigenvalue weighted by Gasteiger charge is 2.24. The van der Waals surface area contributed by atoms with Crippen LogP contribution in [-0.4, -0.2) is 28.7 Å². The van der Waals surface area contributed by atoms with Gasteiger partial charge in [-0.15, -0.1) is 0 Å². The van der Waals surface area contributed by atoms with Crippen molar-refractivity contribution in [2.45, 2.75) is 63.0 Å². The summed E-state index contributed by atoms with van der Waals surface area (Å²) in [5.41, 5.74) is 2.37. The Morgan fingerprint density at radius 2 is 1.92 bits per heavy atom. The zero-order valence-corrected chi connectivity index (χ0v) is 15.8. The van der Waals surface area contributed by atoms with Gasteiger partial charge in [-0.25, -0.2) is 0 Å². The minimum atomic E-state index is -0.791. The first-order valence-electron chi connectivity index (χ1n) is 9.42. The monoisotopic (exact) mass is 349 g/mol. The summed E-state index contributed by atoms with van der Waals surface area (Å²) >= 11 is 0. The third-order valence-electron chi connectivity index (χ3n) is 5.74. The molecule has 1 aromatic rings. The second kappa shape index (κ2) is 8.48. The first kappa shape index (κ1) is 17.9. The van der Waals surface area contributed by atoms with Crippen molar-refractivity contribution in [2.75, 3.05) is 18.5 Å². The molecule has 1 aliphatic heterocycles. The molecule has 2 fully saturated rings. The molecule has 3 rings (SSSR count). The summed E-state index contributed by atoms with van der Waals surface area (Å²) in [4.78, 5) is 0. The van der Waals surface area contributed by atoms with Crippen molar-refractivity contribution in [3.8, 4) is 0 Å². The fourth-order valence-corrected chi connectivity index (χ4v) is 5.35. The van der Waals surface area contributed by atoms with Crippen molar-refractivity contribution in [3.63, 3.8) is 0 Å². The van der Waals surface area contributed by atoms with E-state index < -0.39 is 10.8 Å². The Bertz CT molecular complexity index is 556. The number of benzene rings is 1. The molecule has 0 radical (unpaired) electrons. The van der Waals surface area contributed by atoms with E-state index in [1.54, 1.807) is 0 Å². The quantitative estimate of drug-likeness (QED) is 0.859. The van der Waals surface area contributed by atoms with Gasteiger partial charge in [0.2, 0.25) is 0 Å². The summed E-state index contributed by atoms with van der Waals surface area (Å²) in [5.74, 6) is 2.30. The van der Waals surface area contributed by atoms with E-state index >= 15 is 0 Å². The maximum Gasteiger partial charge on any atom is 0.0489 e. The van der Waals surface area contributed by atoms with Gasteiger partial charge in [0.15, 0.2) is 0 Å². The van der Waals surface area contributed by atoms with Gasteiger partial charge in [-0.3, -0.25) is 4.21 Å². The molecule has 0 unspecified atom stereocenters. The van der Waals surface area contributed by atoms with Crippen LogP contribution >= 0.6 is 0 Å². The van der Waals surface area contributed by atoms with E-state index in [0.717, 1.165) is 37.9 Å².